The Morgan fingerprint density at radius 3 is 2.61 bits per heavy atom. The lowest BCUT2D eigenvalue weighted by atomic mass is 10.1. The van der Waals surface area contributed by atoms with Crippen molar-refractivity contribution in [3.63, 3.8) is 0 Å². The molecule has 1 heterocycles. The van der Waals surface area contributed by atoms with Crippen molar-refractivity contribution >= 4 is 15.9 Å². The van der Waals surface area contributed by atoms with Gasteiger partial charge in [0.15, 0.2) is 0 Å². The van der Waals surface area contributed by atoms with E-state index in [2.05, 4.69) is 0 Å². The Balaban J connectivity index is 2.30. The van der Waals surface area contributed by atoms with Crippen LogP contribution in [0.15, 0.2) is 29.2 Å². The fourth-order valence-corrected chi connectivity index (χ4v) is 5.10. The van der Waals surface area contributed by atoms with E-state index in [1.807, 2.05) is 13.8 Å². The molecule has 0 N–H and O–H groups in total. The van der Waals surface area contributed by atoms with Gasteiger partial charge in [-0.1, -0.05) is 25.8 Å². The second-order valence-corrected chi connectivity index (χ2v) is 9.07. The Hall–Kier alpha value is -1.61. The number of nitrogens with zero attached hydrogens (tertiary/aromatic N) is 2. The first-order valence-electron chi connectivity index (χ1n) is 9.54. The predicted molar refractivity (Wildman–Crippen MR) is 101 cm³/mol. The maximum Gasteiger partial charge on any atom is 0.406 e. The van der Waals surface area contributed by atoms with E-state index in [1.165, 1.54) is 28.6 Å². The molecule has 0 aromatic heterocycles. The van der Waals surface area contributed by atoms with Crippen LogP contribution in [0.4, 0.5) is 13.2 Å². The number of hydrogen-bond donors (Lipinski definition) is 0. The first kappa shape index (κ1) is 22.7. The van der Waals surface area contributed by atoms with E-state index in [0.717, 1.165) is 24.2 Å². The molecule has 1 saturated heterocycles. The SMILES string of the molecule is CCCCN(CC(F)(F)F)C(=O)c1cccc(S(=O)(=O)N2CCCCC2C)c1. The number of sulfonamides is 1. The molecule has 1 fully saturated rings. The fraction of sp³-hybridized carbons (Fsp3) is 0.632. The van der Waals surface area contributed by atoms with Crippen LogP contribution in [0.5, 0.6) is 0 Å². The molecular formula is C19H27F3N2O3S. The van der Waals surface area contributed by atoms with Crippen molar-refractivity contribution in [3.05, 3.63) is 29.8 Å². The van der Waals surface area contributed by atoms with Gasteiger partial charge in [-0.15, -0.1) is 0 Å². The zero-order valence-corrected chi connectivity index (χ0v) is 17.0. The van der Waals surface area contributed by atoms with Crippen molar-refractivity contribution in [3.8, 4) is 0 Å². The highest BCUT2D eigenvalue weighted by molar-refractivity contribution is 7.89. The van der Waals surface area contributed by atoms with Gasteiger partial charge < -0.3 is 4.90 Å². The van der Waals surface area contributed by atoms with E-state index >= 15 is 0 Å². The summed E-state index contributed by atoms with van der Waals surface area (Å²) in [5.41, 5.74) is -0.0499. The standard InChI is InChI=1S/C19H27F3N2O3S/c1-3-4-11-23(14-19(20,21)22)18(25)16-9-7-10-17(13-16)28(26,27)24-12-6-5-8-15(24)2/h7,9-10,13,15H,3-6,8,11-12,14H2,1-2H3. The summed E-state index contributed by atoms with van der Waals surface area (Å²) in [6, 6.07) is 5.18. The maximum atomic E-state index is 13.0. The summed E-state index contributed by atoms with van der Waals surface area (Å²) in [7, 11) is -3.80. The normalized spacial score (nSPS) is 18.8. The molecule has 1 aromatic rings. The van der Waals surface area contributed by atoms with Crippen LogP contribution in [0.3, 0.4) is 0 Å². The monoisotopic (exact) mass is 420 g/mol. The van der Waals surface area contributed by atoms with Crippen LogP contribution in [-0.2, 0) is 10.0 Å². The number of halogens is 3. The molecule has 158 valence electrons. The molecule has 0 aliphatic carbocycles. The van der Waals surface area contributed by atoms with Gasteiger partial charge in [-0.3, -0.25) is 4.79 Å². The summed E-state index contributed by atoms with van der Waals surface area (Å²) < 4.78 is 65.9. The van der Waals surface area contributed by atoms with Gasteiger partial charge in [-0.05, 0) is 44.4 Å². The lowest BCUT2D eigenvalue weighted by Crippen LogP contribution is -2.42. The highest BCUT2D eigenvalue weighted by Gasteiger charge is 2.34. The fourth-order valence-electron chi connectivity index (χ4n) is 3.35. The van der Waals surface area contributed by atoms with Gasteiger partial charge in [0, 0.05) is 24.7 Å². The molecule has 0 saturated carbocycles. The number of benzene rings is 1. The number of carbonyl (C=O) groups is 1. The third-order valence-electron chi connectivity index (χ3n) is 4.87. The Morgan fingerprint density at radius 1 is 1.29 bits per heavy atom. The highest BCUT2D eigenvalue weighted by Crippen LogP contribution is 2.26. The molecule has 0 spiro atoms. The van der Waals surface area contributed by atoms with Crippen LogP contribution in [0.2, 0.25) is 0 Å². The van der Waals surface area contributed by atoms with Crippen LogP contribution in [0.25, 0.3) is 0 Å². The predicted octanol–water partition coefficient (Wildman–Crippen LogP) is 4.05. The topological polar surface area (TPSA) is 57.7 Å². The first-order valence-corrected chi connectivity index (χ1v) is 11.0. The zero-order chi connectivity index (χ0) is 20.9. The summed E-state index contributed by atoms with van der Waals surface area (Å²) in [5, 5.41) is 0. The average molecular weight is 420 g/mol. The lowest BCUT2D eigenvalue weighted by Gasteiger charge is -2.32. The summed E-state index contributed by atoms with van der Waals surface area (Å²) in [6.45, 7) is 2.67. The van der Waals surface area contributed by atoms with Gasteiger partial charge in [-0.25, -0.2) is 8.42 Å². The Labute approximate surface area is 164 Å². The number of carbonyl (C=O) groups excluding carboxylic acids is 1. The van der Waals surface area contributed by atoms with E-state index < -0.39 is 28.7 Å². The number of unbranched alkanes of at least 4 members (excludes halogenated alkanes) is 1. The number of amides is 1. The maximum absolute atomic E-state index is 13.0. The highest BCUT2D eigenvalue weighted by atomic mass is 32.2. The summed E-state index contributed by atoms with van der Waals surface area (Å²) >= 11 is 0. The van der Waals surface area contributed by atoms with Gasteiger partial charge in [-0.2, -0.15) is 17.5 Å². The van der Waals surface area contributed by atoms with Gasteiger partial charge in [0.2, 0.25) is 10.0 Å². The Morgan fingerprint density at radius 2 is 2.00 bits per heavy atom. The molecular weight excluding hydrogens is 393 g/mol. The molecule has 1 amide bonds. The van der Waals surface area contributed by atoms with E-state index in [4.69, 9.17) is 0 Å². The molecule has 28 heavy (non-hydrogen) atoms. The minimum absolute atomic E-state index is 0.0328. The number of alkyl halides is 3. The Kier molecular flexibility index (Phi) is 7.50. The molecule has 0 radical (unpaired) electrons. The number of hydrogen-bond acceptors (Lipinski definition) is 3. The lowest BCUT2D eigenvalue weighted by molar-refractivity contribution is -0.140. The summed E-state index contributed by atoms with van der Waals surface area (Å²) in [5.74, 6) is -0.811. The van der Waals surface area contributed by atoms with Crippen LogP contribution in [0, 0.1) is 0 Å². The minimum Gasteiger partial charge on any atom is -0.330 e. The van der Waals surface area contributed by atoms with E-state index in [0.29, 0.717) is 19.4 Å². The molecule has 9 heteroatoms. The third-order valence-corrected chi connectivity index (χ3v) is 6.88. The van der Waals surface area contributed by atoms with Gasteiger partial charge in [0.1, 0.15) is 6.54 Å². The number of piperidine rings is 1. The second-order valence-electron chi connectivity index (χ2n) is 7.18. The van der Waals surface area contributed by atoms with Crippen LogP contribution in [0.1, 0.15) is 56.3 Å². The van der Waals surface area contributed by atoms with Crippen LogP contribution >= 0.6 is 0 Å². The molecule has 1 unspecified atom stereocenters. The second kappa shape index (κ2) is 9.26. The molecule has 1 aliphatic rings. The van der Waals surface area contributed by atoms with Gasteiger partial charge in [0.05, 0.1) is 4.90 Å². The van der Waals surface area contributed by atoms with E-state index in [1.54, 1.807) is 0 Å². The molecule has 2 rings (SSSR count). The quantitative estimate of drug-likeness (QED) is 0.669. The van der Waals surface area contributed by atoms with Crippen LogP contribution in [-0.4, -0.2) is 55.4 Å². The van der Waals surface area contributed by atoms with Crippen molar-refractivity contribution in [2.24, 2.45) is 0 Å². The van der Waals surface area contributed by atoms with Gasteiger partial charge in [0.25, 0.3) is 5.91 Å². The smallest absolute Gasteiger partial charge is 0.330 e. The van der Waals surface area contributed by atoms with Gasteiger partial charge >= 0.3 is 6.18 Å². The third kappa shape index (κ3) is 5.70. The first-order chi connectivity index (χ1) is 13.1. The average Bonchev–Trinajstić information content (AvgIpc) is 2.64. The summed E-state index contributed by atoms with van der Waals surface area (Å²) in [4.78, 5) is 13.3. The van der Waals surface area contributed by atoms with Crippen molar-refractivity contribution in [1.82, 2.24) is 9.21 Å². The van der Waals surface area contributed by atoms with Crippen molar-refractivity contribution in [2.45, 2.75) is 63.1 Å². The molecule has 5 nitrogen and oxygen atoms in total. The molecule has 0 bridgehead atoms. The van der Waals surface area contributed by atoms with E-state index in [-0.39, 0.29) is 23.0 Å². The van der Waals surface area contributed by atoms with Crippen molar-refractivity contribution in [2.75, 3.05) is 19.6 Å². The number of rotatable bonds is 7. The molecule has 1 aromatic carbocycles. The molecule has 1 atom stereocenters. The van der Waals surface area contributed by atoms with E-state index in [9.17, 15) is 26.4 Å². The van der Waals surface area contributed by atoms with Crippen molar-refractivity contribution in [1.29, 1.82) is 0 Å². The summed E-state index contributed by atoms with van der Waals surface area (Å²) in [6.07, 6.45) is -0.966. The van der Waals surface area contributed by atoms with Crippen LogP contribution < -0.4 is 0 Å². The Bertz CT molecular complexity index is 781. The minimum atomic E-state index is -4.52. The van der Waals surface area contributed by atoms with Crippen molar-refractivity contribution < 1.29 is 26.4 Å². The zero-order valence-electron chi connectivity index (χ0n) is 16.2. The molecule has 1 aliphatic heterocycles. The largest absolute Gasteiger partial charge is 0.406 e.